The fourth-order valence-corrected chi connectivity index (χ4v) is 1.27. The minimum absolute atomic E-state index is 0.304. The van der Waals surface area contributed by atoms with Crippen molar-refractivity contribution in [1.82, 2.24) is 4.98 Å². The summed E-state index contributed by atoms with van der Waals surface area (Å²) >= 11 is 0. The summed E-state index contributed by atoms with van der Waals surface area (Å²) in [6, 6.07) is 6.70. The number of carbonyl (C=O) groups excluding carboxylic acids is 1. The van der Waals surface area contributed by atoms with Crippen LogP contribution in [0, 0.1) is 4.91 Å². The zero-order valence-electron chi connectivity index (χ0n) is 7.18. The van der Waals surface area contributed by atoms with Gasteiger partial charge in [-0.15, -0.1) is 4.91 Å². The van der Waals surface area contributed by atoms with Crippen LogP contribution in [-0.4, -0.2) is 10.9 Å². The Hall–Kier alpha value is -2.10. The topological polar surface area (TPSA) is 59.4 Å². The normalized spacial score (nSPS) is 10.0. The van der Waals surface area contributed by atoms with E-state index in [0.29, 0.717) is 5.56 Å². The molecule has 1 heterocycles. The van der Waals surface area contributed by atoms with Crippen LogP contribution >= 0.6 is 0 Å². The van der Waals surface area contributed by atoms with E-state index in [4.69, 9.17) is 0 Å². The lowest BCUT2D eigenvalue weighted by Crippen LogP contribution is -1.92. The molecule has 1 amide bonds. The van der Waals surface area contributed by atoms with Gasteiger partial charge in [-0.3, -0.25) is 9.78 Å². The molecule has 0 aliphatic rings. The highest BCUT2D eigenvalue weighted by atomic mass is 16.3. The van der Waals surface area contributed by atoms with Gasteiger partial charge in [-0.25, -0.2) is 0 Å². The van der Waals surface area contributed by atoms with Crippen LogP contribution in [0.3, 0.4) is 0 Å². The summed E-state index contributed by atoms with van der Waals surface area (Å²) in [6.45, 7) is 0. The number of hydrogen-bond donors (Lipinski definition) is 0. The minimum Gasteiger partial charge on any atom is -0.264 e. The Morgan fingerprint density at radius 3 is 2.86 bits per heavy atom. The fourth-order valence-electron chi connectivity index (χ4n) is 1.27. The standard InChI is InChI=1S/C10H6N2O2/c13-10(12-14)8-1-2-9-6-11-4-3-7(9)5-8/h1-6H. The quantitative estimate of drug-likeness (QED) is 0.641. The summed E-state index contributed by atoms with van der Waals surface area (Å²) < 4.78 is 0. The van der Waals surface area contributed by atoms with Crippen molar-refractivity contribution in [1.29, 1.82) is 0 Å². The van der Waals surface area contributed by atoms with Crippen molar-refractivity contribution in [2.24, 2.45) is 5.18 Å². The molecule has 0 unspecified atom stereocenters. The number of hydrogen-bond acceptors (Lipinski definition) is 3. The van der Waals surface area contributed by atoms with Crippen LogP contribution in [-0.2, 0) is 0 Å². The highest BCUT2D eigenvalue weighted by Gasteiger charge is 2.05. The number of aromatic nitrogens is 1. The molecule has 0 radical (unpaired) electrons. The largest absolute Gasteiger partial charge is 0.316 e. The van der Waals surface area contributed by atoms with Crippen LogP contribution in [0.2, 0.25) is 0 Å². The summed E-state index contributed by atoms with van der Waals surface area (Å²) in [6.07, 6.45) is 3.32. The van der Waals surface area contributed by atoms with Crippen LogP contribution in [0.1, 0.15) is 10.4 Å². The minimum atomic E-state index is -0.747. The van der Waals surface area contributed by atoms with Gasteiger partial charge in [-0.1, -0.05) is 6.07 Å². The average molecular weight is 186 g/mol. The number of amides is 1. The predicted molar refractivity (Wildman–Crippen MR) is 51.9 cm³/mol. The summed E-state index contributed by atoms with van der Waals surface area (Å²) in [5.74, 6) is -0.747. The zero-order valence-corrected chi connectivity index (χ0v) is 7.18. The van der Waals surface area contributed by atoms with E-state index < -0.39 is 5.91 Å². The zero-order chi connectivity index (χ0) is 9.97. The smallest absolute Gasteiger partial charge is 0.264 e. The SMILES string of the molecule is O=NC(=O)c1ccc2cnccc2c1. The Morgan fingerprint density at radius 1 is 1.21 bits per heavy atom. The highest BCUT2D eigenvalue weighted by molar-refractivity contribution is 5.98. The number of rotatable bonds is 1. The maximum Gasteiger partial charge on any atom is 0.316 e. The molecule has 0 saturated heterocycles. The molecule has 0 N–H and O–H groups in total. The van der Waals surface area contributed by atoms with Crippen molar-refractivity contribution in [3.8, 4) is 0 Å². The number of nitrogens with zero attached hydrogens (tertiary/aromatic N) is 2. The van der Waals surface area contributed by atoms with Crippen molar-refractivity contribution >= 4 is 16.7 Å². The molecule has 1 aromatic carbocycles. The Kier molecular flexibility index (Phi) is 2.02. The first-order valence-corrected chi connectivity index (χ1v) is 4.03. The Morgan fingerprint density at radius 2 is 2.07 bits per heavy atom. The van der Waals surface area contributed by atoms with E-state index in [0.717, 1.165) is 10.8 Å². The molecule has 0 aliphatic heterocycles. The van der Waals surface area contributed by atoms with Crippen LogP contribution in [0.4, 0.5) is 0 Å². The van der Waals surface area contributed by atoms with Gasteiger partial charge in [-0.2, -0.15) is 0 Å². The number of pyridine rings is 1. The number of nitroso groups, excluding NO2 is 1. The summed E-state index contributed by atoms with van der Waals surface area (Å²) in [5.41, 5.74) is 0.304. The number of fused-ring (bicyclic) bond motifs is 1. The maximum absolute atomic E-state index is 11.0. The lowest BCUT2D eigenvalue weighted by atomic mass is 10.1. The molecule has 68 valence electrons. The van der Waals surface area contributed by atoms with Crippen LogP contribution in [0.5, 0.6) is 0 Å². The molecule has 0 fully saturated rings. The van der Waals surface area contributed by atoms with E-state index in [1.807, 2.05) is 0 Å². The van der Waals surface area contributed by atoms with Gasteiger partial charge in [0.2, 0.25) is 0 Å². The van der Waals surface area contributed by atoms with E-state index in [9.17, 15) is 9.70 Å². The first-order valence-electron chi connectivity index (χ1n) is 4.03. The van der Waals surface area contributed by atoms with Crippen molar-refractivity contribution < 1.29 is 4.79 Å². The molecule has 0 bridgehead atoms. The van der Waals surface area contributed by atoms with E-state index in [-0.39, 0.29) is 0 Å². The average Bonchev–Trinajstić information content (AvgIpc) is 2.27. The van der Waals surface area contributed by atoms with Crippen LogP contribution in [0.25, 0.3) is 10.8 Å². The van der Waals surface area contributed by atoms with E-state index in [2.05, 4.69) is 10.2 Å². The van der Waals surface area contributed by atoms with E-state index in [1.54, 1.807) is 36.7 Å². The Bertz CT molecular complexity index is 508. The molecule has 2 rings (SSSR count). The Labute approximate surface area is 79.6 Å². The molecular weight excluding hydrogens is 180 g/mol. The molecule has 0 atom stereocenters. The third-order valence-corrected chi connectivity index (χ3v) is 1.97. The molecule has 4 heteroatoms. The van der Waals surface area contributed by atoms with E-state index >= 15 is 0 Å². The predicted octanol–water partition coefficient (Wildman–Crippen LogP) is 2.14. The maximum atomic E-state index is 11.0. The van der Waals surface area contributed by atoms with Gasteiger partial charge in [0.15, 0.2) is 0 Å². The van der Waals surface area contributed by atoms with Crippen molar-refractivity contribution in [3.63, 3.8) is 0 Å². The van der Waals surface area contributed by atoms with Gasteiger partial charge in [0.05, 0.1) is 0 Å². The van der Waals surface area contributed by atoms with Crippen LogP contribution in [0.15, 0.2) is 41.8 Å². The molecule has 0 saturated carbocycles. The lowest BCUT2D eigenvalue weighted by molar-refractivity contribution is 0.100. The second-order valence-electron chi connectivity index (χ2n) is 2.83. The van der Waals surface area contributed by atoms with Gasteiger partial charge in [-0.05, 0) is 23.6 Å². The molecule has 4 nitrogen and oxygen atoms in total. The molecular formula is C10H6N2O2. The Balaban J connectivity index is 2.62. The summed E-state index contributed by atoms with van der Waals surface area (Å²) in [5, 5.41) is 4.16. The molecule has 14 heavy (non-hydrogen) atoms. The highest BCUT2D eigenvalue weighted by Crippen LogP contribution is 2.14. The first kappa shape index (κ1) is 8.50. The third kappa shape index (κ3) is 1.37. The van der Waals surface area contributed by atoms with Crippen molar-refractivity contribution in [2.75, 3.05) is 0 Å². The number of benzene rings is 1. The van der Waals surface area contributed by atoms with Gasteiger partial charge in [0, 0.05) is 28.5 Å². The second kappa shape index (κ2) is 3.33. The third-order valence-electron chi connectivity index (χ3n) is 1.97. The van der Waals surface area contributed by atoms with Gasteiger partial charge < -0.3 is 0 Å². The fraction of sp³-hybridized carbons (Fsp3) is 0. The van der Waals surface area contributed by atoms with Gasteiger partial charge in [0.25, 0.3) is 0 Å². The van der Waals surface area contributed by atoms with Crippen molar-refractivity contribution in [2.45, 2.75) is 0 Å². The summed E-state index contributed by atoms with van der Waals surface area (Å²) in [4.78, 5) is 24.9. The number of carbonyl (C=O) groups is 1. The molecule has 1 aromatic heterocycles. The first-order chi connectivity index (χ1) is 6.81. The van der Waals surface area contributed by atoms with Gasteiger partial charge in [0.1, 0.15) is 0 Å². The van der Waals surface area contributed by atoms with E-state index in [1.165, 1.54) is 0 Å². The van der Waals surface area contributed by atoms with Gasteiger partial charge >= 0.3 is 5.91 Å². The molecule has 0 aliphatic carbocycles. The second-order valence-corrected chi connectivity index (χ2v) is 2.83. The monoisotopic (exact) mass is 186 g/mol. The van der Waals surface area contributed by atoms with Crippen molar-refractivity contribution in [3.05, 3.63) is 47.1 Å². The lowest BCUT2D eigenvalue weighted by Gasteiger charge is -1.97. The molecule has 2 aromatic rings. The summed E-state index contributed by atoms with van der Waals surface area (Å²) in [7, 11) is 0. The van der Waals surface area contributed by atoms with Crippen LogP contribution < -0.4 is 0 Å². The molecule has 0 spiro atoms.